The number of hydrogen-bond acceptors (Lipinski definition) is 3. The Balaban J connectivity index is 2.36. The highest BCUT2D eigenvalue weighted by Crippen LogP contribution is 2.33. The number of nitrogens with one attached hydrogen (secondary N) is 1. The predicted octanol–water partition coefficient (Wildman–Crippen LogP) is 3.32. The molecule has 1 aliphatic heterocycles. The molecule has 1 rings (SSSR count). The number of hydrogen-bond donors (Lipinski definition) is 1. The summed E-state index contributed by atoms with van der Waals surface area (Å²) in [4.78, 5) is 1.89. The van der Waals surface area contributed by atoms with E-state index in [0.29, 0.717) is 19.4 Å². The lowest BCUT2D eigenvalue weighted by atomic mass is 9.95. The standard InChI is InChI=1S/C15H26F3N3/c1-3-8-20-14(2,12-19)7-5-10-21-9-4-6-13(11-21)15(16,17)18/h13,20H,3-11H2,1-2H3. The van der Waals surface area contributed by atoms with Crippen molar-refractivity contribution in [2.24, 2.45) is 5.92 Å². The zero-order chi connectivity index (χ0) is 15.9. The van der Waals surface area contributed by atoms with Crippen LogP contribution in [0.3, 0.4) is 0 Å². The summed E-state index contributed by atoms with van der Waals surface area (Å²) in [6, 6.07) is 2.27. The maximum Gasteiger partial charge on any atom is 0.393 e. The van der Waals surface area contributed by atoms with Crippen LogP contribution in [-0.4, -0.2) is 42.8 Å². The smallest absolute Gasteiger partial charge is 0.303 e. The van der Waals surface area contributed by atoms with Gasteiger partial charge in [-0.2, -0.15) is 18.4 Å². The molecule has 2 atom stereocenters. The quantitative estimate of drug-likeness (QED) is 0.784. The number of rotatable bonds is 7. The second-order valence-electron chi connectivity index (χ2n) is 6.16. The van der Waals surface area contributed by atoms with Crippen LogP contribution in [0.1, 0.15) is 46.0 Å². The Hall–Kier alpha value is -0.800. The SMILES string of the molecule is CCCNC(C)(C#N)CCCN1CCCC(C(F)(F)F)C1. The molecule has 1 saturated heterocycles. The van der Waals surface area contributed by atoms with Gasteiger partial charge in [0.05, 0.1) is 12.0 Å². The number of likely N-dealkylation sites (tertiary alicyclic amines) is 1. The Bertz CT molecular complexity index is 351. The van der Waals surface area contributed by atoms with Crippen LogP contribution < -0.4 is 5.32 Å². The van der Waals surface area contributed by atoms with Gasteiger partial charge in [-0.3, -0.25) is 5.32 Å². The summed E-state index contributed by atoms with van der Waals surface area (Å²) in [6.07, 6.45) is -0.872. The molecule has 0 aromatic rings. The maximum atomic E-state index is 12.7. The average molecular weight is 305 g/mol. The molecule has 0 amide bonds. The number of piperidine rings is 1. The maximum absolute atomic E-state index is 12.7. The molecular weight excluding hydrogens is 279 g/mol. The third-order valence-electron chi connectivity index (χ3n) is 4.13. The topological polar surface area (TPSA) is 39.1 Å². The molecule has 1 aliphatic rings. The van der Waals surface area contributed by atoms with Gasteiger partial charge in [-0.15, -0.1) is 0 Å². The average Bonchev–Trinajstić information content (AvgIpc) is 2.44. The normalized spacial score (nSPS) is 23.5. The van der Waals surface area contributed by atoms with E-state index in [0.717, 1.165) is 25.9 Å². The van der Waals surface area contributed by atoms with Gasteiger partial charge in [0.25, 0.3) is 0 Å². The van der Waals surface area contributed by atoms with E-state index in [1.807, 2.05) is 18.7 Å². The Morgan fingerprint density at radius 2 is 2.10 bits per heavy atom. The van der Waals surface area contributed by atoms with Crippen LogP contribution >= 0.6 is 0 Å². The molecule has 0 bridgehead atoms. The van der Waals surface area contributed by atoms with E-state index < -0.39 is 17.6 Å². The Morgan fingerprint density at radius 3 is 2.67 bits per heavy atom. The lowest BCUT2D eigenvalue weighted by molar-refractivity contribution is -0.186. The number of nitriles is 1. The summed E-state index contributed by atoms with van der Waals surface area (Å²) in [7, 11) is 0. The van der Waals surface area contributed by atoms with Gasteiger partial charge in [-0.25, -0.2) is 0 Å². The molecule has 6 heteroatoms. The monoisotopic (exact) mass is 305 g/mol. The second kappa shape index (κ2) is 8.00. The first-order chi connectivity index (χ1) is 9.80. The summed E-state index contributed by atoms with van der Waals surface area (Å²) in [5.74, 6) is -1.19. The Kier molecular flexibility index (Phi) is 6.95. The fourth-order valence-electron chi connectivity index (χ4n) is 2.77. The number of halogens is 3. The van der Waals surface area contributed by atoms with Crippen molar-refractivity contribution in [2.45, 2.75) is 57.7 Å². The van der Waals surface area contributed by atoms with Crippen LogP contribution in [0, 0.1) is 17.2 Å². The fourth-order valence-corrected chi connectivity index (χ4v) is 2.77. The zero-order valence-corrected chi connectivity index (χ0v) is 13.0. The first kappa shape index (κ1) is 18.2. The summed E-state index contributed by atoms with van der Waals surface area (Å²) in [6.45, 7) is 6.15. The van der Waals surface area contributed by atoms with Gasteiger partial charge >= 0.3 is 6.18 Å². The van der Waals surface area contributed by atoms with E-state index >= 15 is 0 Å². The molecule has 0 saturated carbocycles. The van der Waals surface area contributed by atoms with Crippen molar-refractivity contribution in [2.75, 3.05) is 26.2 Å². The number of nitrogens with zero attached hydrogens (tertiary/aromatic N) is 2. The summed E-state index contributed by atoms with van der Waals surface area (Å²) >= 11 is 0. The van der Waals surface area contributed by atoms with E-state index in [4.69, 9.17) is 0 Å². The summed E-state index contributed by atoms with van der Waals surface area (Å²) in [5.41, 5.74) is -0.574. The molecule has 1 heterocycles. The van der Waals surface area contributed by atoms with Crippen LogP contribution in [0.2, 0.25) is 0 Å². The summed E-state index contributed by atoms with van der Waals surface area (Å²) < 4.78 is 38.2. The van der Waals surface area contributed by atoms with Crippen molar-refractivity contribution in [1.82, 2.24) is 10.2 Å². The molecule has 0 spiro atoms. The first-order valence-electron chi connectivity index (χ1n) is 7.76. The van der Waals surface area contributed by atoms with E-state index in [1.165, 1.54) is 0 Å². The van der Waals surface area contributed by atoms with Crippen LogP contribution in [0.4, 0.5) is 13.2 Å². The van der Waals surface area contributed by atoms with Crippen molar-refractivity contribution in [3.63, 3.8) is 0 Å². The highest BCUT2D eigenvalue weighted by atomic mass is 19.4. The highest BCUT2D eigenvalue weighted by molar-refractivity contribution is 5.03. The van der Waals surface area contributed by atoms with Crippen LogP contribution in [0.25, 0.3) is 0 Å². The molecule has 0 aliphatic carbocycles. The third kappa shape index (κ3) is 6.23. The van der Waals surface area contributed by atoms with E-state index in [-0.39, 0.29) is 13.0 Å². The molecule has 0 radical (unpaired) electrons. The van der Waals surface area contributed by atoms with E-state index in [1.54, 1.807) is 0 Å². The third-order valence-corrected chi connectivity index (χ3v) is 4.13. The molecule has 1 fully saturated rings. The second-order valence-corrected chi connectivity index (χ2v) is 6.16. The molecule has 1 N–H and O–H groups in total. The number of alkyl halides is 3. The molecule has 2 unspecified atom stereocenters. The van der Waals surface area contributed by atoms with Crippen molar-refractivity contribution in [3.05, 3.63) is 0 Å². The van der Waals surface area contributed by atoms with Crippen molar-refractivity contribution in [1.29, 1.82) is 5.26 Å². The van der Waals surface area contributed by atoms with Crippen LogP contribution in [-0.2, 0) is 0 Å². The van der Waals surface area contributed by atoms with Gasteiger partial charge < -0.3 is 4.90 Å². The Labute approximate surface area is 125 Å². The van der Waals surface area contributed by atoms with Crippen LogP contribution in [0.5, 0.6) is 0 Å². The van der Waals surface area contributed by atoms with Crippen LogP contribution in [0.15, 0.2) is 0 Å². The van der Waals surface area contributed by atoms with Gasteiger partial charge in [0, 0.05) is 6.54 Å². The molecule has 21 heavy (non-hydrogen) atoms. The van der Waals surface area contributed by atoms with Crippen molar-refractivity contribution < 1.29 is 13.2 Å². The van der Waals surface area contributed by atoms with Gasteiger partial charge in [-0.1, -0.05) is 6.92 Å². The molecule has 3 nitrogen and oxygen atoms in total. The minimum absolute atomic E-state index is 0.106. The zero-order valence-electron chi connectivity index (χ0n) is 13.0. The molecular formula is C15H26F3N3. The van der Waals surface area contributed by atoms with Crippen molar-refractivity contribution in [3.8, 4) is 6.07 Å². The lowest BCUT2D eigenvalue weighted by Crippen LogP contribution is -2.44. The molecule has 0 aromatic heterocycles. The largest absolute Gasteiger partial charge is 0.393 e. The lowest BCUT2D eigenvalue weighted by Gasteiger charge is -2.34. The van der Waals surface area contributed by atoms with Gasteiger partial charge in [-0.05, 0) is 58.7 Å². The van der Waals surface area contributed by atoms with Gasteiger partial charge in [0.15, 0.2) is 0 Å². The minimum atomic E-state index is -4.08. The van der Waals surface area contributed by atoms with Crippen molar-refractivity contribution >= 4 is 0 Å². The van der Waals surface area contributed by atoms with Gasteiger partial charge in [0.1, 0.15) is 5.54 Å². The predicted molar refractivity (Wildman–Crippen MR) is 76.8 cm³/mol. The summed E-state index contributed by atoms with van der Waals surface area (Å²) in [5, 5.41) is 12.4. The Morgan fingerprint density at radius 1 is 1.38 bits per heavy atom. The van der Waals surface area contributed by atoms with E-state index in [9.17, 15) is 18.4 Å². The van der Waals surface area contributed by atoms with E-state index in [2.05, 4.69) is 11.4 Å². The first-order valence-corrected chi connectivity index (χ1v) is 7.76. The fraction of sp³-hybridized carbons (Fsp3) is 0.933. The van der Waals surface area contributed by atoms with Gasteiger partial charge in [0.2, 0.25) is 0 Å². The molecule has 122 valence electrons. The minimum Gasteiger partial charge on any atom is -0.303 e. The molecule has 0 aromatic carbocycles. The highest BCUT2D eigenvalue weighted by Gasteiger charge is 2.41.